The lowest BCUT2D eigenvalue weighted by Gasteiger charge is -2.30. The maximum absolute atomic E-state index is 9.06. The first-order valence-electron chi connectivity index (χ1n) is 5.45. The summed E-state index contributed by atoms with van der Waals surface area (Å²) in [6.45, 7) is -0.0821. The number of thiol groups is 1. The second-order valence-electron chi connectivity index (χ2n) is 4.10. The molecule has 0 amide bonds. The van der Waals surface area contributed by atoms with Gasteiger partial charge in [-0.25, -0.2) is 10.0 Å². The van der Waals surface area contributed by atoms with E-state index in [9.17, 15) is 0 Å². The summed E-state index contributed by atoms with van der Waals surface area (Å²) in [6.07, 6.45) is 6.27. The van der Waals surface area contributed by atoms with Crippen molar-refractivity contribution < 1.29 is 5.11 Å². The summed E-state index contributed by atoms with van der Waals surface area (Å²) >= 11 is 4.55. The Morgan fingerprint density at radius 2 is 2.25 bits per heavy atom. The summed E-state index contributed by atoms with van der Waals surface area (Å²) in [7, 11) is 0. The van der Waals surface area contributed by atoms with Crippen LogP contribution in [0.25, 0.3) is 0 Å². The normalized spacial score (nSPS) is 24.1. The fourth-order valence-corrected chi connectivity index (χ4v) is 2.63. The van der Waals surface area contributed by atoms with Gasteiger partial charge in [-0.3, -0.25) is 5.01 Å². The van der Waals surface area contributed by atoms with Gasteiger partial charge in [0, 0.05) is 11.3 Å². The van der Waals surface area contributed by atoms with E-state index in [0.717, 1.165) is 29.4 Å². The van der Waals surface area contributed by atoms with Crippen LogP contribution in [-0.4, -0.2) is 27.6 Å². The number of aliphatic hydroxyl groups is 1. The van der Waals surface area contributed by atoms with Crippen molar-refractivity contribution >= 4 is 18.3 Å². The molecule has 0 radical (unpaired) electrons. The van der Waals surface area contributed by atoms with Gasteiger partial charge in [-0.1, -0.05) is 0 Å². The van der Waals surface area contributed by atoms with Crippen LogP contribution < -0.4 is 5.53 Å². The Bertz CT molecular complexity index is 415. The molecule has 16 heavy (non-hydrogen) atoms. The summed E-state index contributed by atoms with van der Waals surface area (Å²) < 4.78 is 0. The third-order valence-corrected chi connectivity index (χ3v) is 3.52. The van der Waals surface area contributed by atoms with Gasteiger partial charge in [0.2, 0.25) is 0 Å². The van der Waals surface area contributed by atoms with Crippen LogP contribution in [0, 0.1) is 0 Å². The third-order valence-electron chi connectivity index (χ3n) is 3.05. The van der Waals surface area contributed by atoms with Gasteiger partial charge in [0.15, 0.2) is 5.82 Å². The lowest BCUT2D eigenvalue weighted by atomic mass is 9.92. The molecule has 3 aliphatic rings. The zero-order valence-corrected chi connectivity index (χ0v) is 9.74. The summed E-state index contributed by atoms with van der Waals surface area (Å²) in [5, 5.41) is 13.4. The van der Waals surface area contributed by atoms with Crippen molar-refractivity contribution in [2.24, 2.45) is 4.99 Å². The summed E-state index contributed by atoms with van der Waals surface area (Å²) in [6, 6.07) is 0. The molecule has 0 atom stereocenters. The minimum Gasteiger partial charge on any atom is -0.375 e. The number of aliphatic imine (C=N–C) groups is 1. The molecule has 0 saturated heterocycles. The van der Waals surface area contributed by atoms with Crippen LogP contribution in [0.15, 0.2) is 27.6 Å². The van der Waals surface area contributed by atoms with E-state index in [4.69, 9.17) is 5.11 Å². The van der Waals surface area contributed by atoms with Gasteiger partial charge >= 0.3 is 0 Å². The fraction of sp³-hybridized carbons (Fsp3) is 0.500. The molecule has 2 aliphatic heterocycles. The number of nitrogens with one attached hydrogen (secondary N) is 1. The van der Waals surface area contributed by atoms with Gasteiger partial charge in [0.25, 0.3) is 0 Å². The predicted octanol–water partition coefficient (Wildman–Crippen LogP) is 0.942. The first kappa shape index (κ1) is 10.2. The van der Waals surface area contributed by atoms with Crippen LogP contribution in [0.3, 0.4) is 0 Å². The molecule has 1 fully saturated rings. The van der Waals surface area contributed by atoms with Crippen LogP contribution in [0.2, 0.25) is 0 Å². The van der Waals surface area contributed by atoms with E-state index in [-0.39, 0.29) is 6.73 Å². The average Bonchev–Trinajstić information content (AvgIpc) is 2.73. The second-order valence-corrected chi connectivity index (χ2v) is 4.53. The molecule has 1 saturated carbocycles. The van der Waals surface area contributed by atoms with Crippen LogP contribution in [0.1, 0.15) is 25.7 Å². The zero-order valence-electron chi connectivity index (χ0n) is 8.85. The number of fused-ring (bicyclic) bond motifs is 2. The number of hydrogen-bond donors (Lipinski definition) is 3. The number of aliphatic hydroxyl groups excluding tert-OH is 1. The van der Waals surface area contributed by atoms with Crippen molar-refractivity contribution in [2.75, 3.05) is 6.73 Å². The van der Waals surface area contributed by atoms with Gasteiger partial charge in [0.05, 0.1) is 11.2 Å². The molecule has 0 unspecified atom stereocenters. The van der Waals surface area contributed by atoms with Crippen LogP contribution in [0.4, 0.5) is 0 Å². The highest BCUT2D eigenvalue weighted by Gasteiger charge is 2.30. The van der Waals surface area contributed by atoms with Crippen molar-refractivity contribution in [3.8, 4) is 0 Å². The zero-order chi connectivity index (χ0) is 11.1. The van der Waals surface area contributed by atoms with E-state index in [2.05, 4.69) is 23.2 Å². The van der Waals surface area contributed by atoms with Gasteiger partial charge in [-0.2, -0.15) is 0 Å². The van der Waals surface area contributed by atoms with Crippen LogP contribution in [-0.2, 0) is 0 Å². The molecule has 3 rings (SSSR count). The first-order valence-corrected chi connectivity index (χ1v) is 5.90. The van der Waals surface area contributed by atoms with E-state index in [1.165, 1.54) is 18.4 Å². The molecule has 0 aromatic heterocycles. The van der Waals surface area contributed by atoms with Crippen LogP contribution >= 0.6 is 12.6 Å². The molecular weight excluding hydrogens is 224 g/mol. The van der Waals surface area contributed by atoms with E-state index in [0.29, 0.717) is 0 Å². The molecule has 86 valence electrons. The molecular formula is C10H14N4OS. The quantitative estimate of drug-likeness (QED) is 0.595. The Labute approximate surface area is 99.5 Å². The summed E-state index contributed by atoms with van der Waals surface area (Å²) in [5.74, 6) is 0.805. The topological polar surface area (TPSA) is 51.1 Å². The molecule has 0 aromatic carbocycles. The molecule has 1 aliphatic carbocycles. The number of hydrogen-bond acceptors (Lipinski definition) is 6. The molecule has 0 spiro atoms. The van der Waals surface area contributed by atoms with Gasteiger partial charge in [0.1, 0.15) is 6.73 Å². The van der Waals surface area contributed by atoms with Crippen molar-refractivity contribution in [3.63, 3.8) is 0 Å². The molecule has 6 heteroatoms. The molecule has 5 nitrogen and oxygen atoms in total. The average molecular weight is 238 g/mol. The molecule has 2 N–H and O–H groups in total. The number of allylic oxidation sites excluding steroid dienone is 1. The Balaban J connectivity index is 1.98. The van der Waals surface area contributed by atoms with Gasteiger partial charge < -0.3 is 5.11 Å². The van der Waals surface area contributed by atoms with Crippen LogP contribution in [0.5, 0.6) is 0 Å². The predicted molar refractivity (Wildman–Crippen MR) is 63.9 cm³/mol. The molecule has 2 heterocycles. The number of nitrogens with zero attached hydrogens (tertiary/aromatic N) is 3. The second kappa shape index (κ2) is 3.80. The van der Waals surface area contributed by atoms with Crippen molar-refractivity contribution in [3.05, 3.63) is 22.6 Å². The highest BCUT2D eigenvalue weighted by atomic mass is 32.1. The fourth-order valence-electron chi connectivity index (χ4n) is 2.24. The van der Waals surface area contributed by atoms with Crippen molar-refractivity contribution in [2.45, 2.75) is 25.7 Å². The lowest BCUT2D eigenvalue weighted by molar-refractivity contribution is 0.0676. The largest absolute Gasteiger partial charge is 0.375 e. The Hall–Kier alpha value is -0.980. The van der Waals surface area contributed by atoms with Crippen molar-refractivity contribution in [1.82, 2.24) is 15.6 Å². The SMILES string of the molecule is OCN1C=C2N=C3CCCCC3=C(S)N2N1. The molecule has 0 bridgehead atoms. The third kappa shape index (κ3) is 1.45. The summed E-state index contributed by atoms with van der Waals surface area (Å²) in [4.78, 5) is 4.60. The Morgan fingerprint density at radius 3 is 3.06 bits per heavy atom. The smallest absolute Gasteiger partial charge is 0.167 e. The Morgan fingerprint density at radius 1 is 1.44 bits per heavy atom. The number of rotatable bonds is 1. The summed E-state index contributed by atoms with van der Waals surface area (Å²) in [5.41, 5.74) is 5.40. The van der Waals surface area contributed by atoms with Gasteiger partial charge in [-0.15, -0.1) is 18.2 Å². The lowest BCUT2D eigenvalue weighted by Crippen LogP contribution is -2.41. The minimum absolute atomic E-state index is 0.0821. The maximum Gasteiger partial charge on any atom is 0.167 e. The Kier molecular flexibility index (Phi) is 2.42. The number of hydrazine groups is 2. The van der Waals surface area contributed by atoms with Crippen molar-refractivity contribution in [1.29, 1.82) is 0 Å². The standard InChI is InChI=1S/C10H14N4OS/c15-6-13-5-9-11-8-4-2-1-3-7(8)10(16)14(9)12-13/h5,12,15-16H,1-4,6H2. The minimum atomic E-state index is -0.0821. The monoisotopic (exact) mass is 238 g/mol. The first-order chi connectivity index (χ1) is 7.79. The van der Waals surface area contributed by atoms with E-state index < -0.39 is 0 Å². The van der Waals surface area contributed by atoms with E-state index in [1.807, 2.05) is 5.01 Å². The molecule has 0 aromatic rings. The highest BCUT2D eigenvalue weighted by molar-refractivity contribution is 7.84. The van der Waals surface area contributed by atoms with E-state index in [1.54, 1.807) is 11.2 Å². The highest BCUT2D eigenvalue weighted by Crippen LogP contribution is 2.34. The van der Waals surface area contributed by atoms with Gasteiger partial charge in [-0.05, 0) is 25.7 Å². The van der Waals surface area contributed by atoms with E-state index >= 15 is 0 Å². The maximum atomic E-state index is 9.06.